The van der Waals surface area contributed by atoms with Crippen LogP contribution in [0.3, 0.4) is 0 Å². The molecule has 1 heteroatoms. The fourth-order valence-electron chi connectivity index (χ4n) is 4.67. The van der Waals surface area contributed by atoms with Crippen LogP contribution in [0.5, 0.6) is 0 Å². The van der Waals surface area contributed by atoms with Crippen LogP contribution in [0, 0.1) is 0 Å². The monoisotopic (exact) mass is 325 g/mol. The van der Waals surface area contributed by atoms with Crippen molar-refractivity contribution in [2.75, 3.05) is 13.6 Å². The van der Waals surface area contributed by atoms with E-state index in [0.717, 1.165) is 6.54 Å². The molecule has 0 amide bonds. The number of hydrogen-bond acceptors (Lipinski definition) is 1. The molecule has 0 bridgehead atoms. The molecule has 0 heterocycles. The van der Waals surface area contributed by atoms with Gasteiger partial charge in [0.25, 0.3) is 0 Å². The molecule has 1 aromatic carbocycles. The lowest BCUT2D eigenvalue weighted by Crippen LogP contribution is -2.25. The topological polar surface area (TPSA) is 3.24 Å². The van der Waals surface area contributed by atoms with Gasteiger partial charge in [0.2, 0.25) is 0 Å². The van der Waals surface area contributed by atoms with E-state index in [2.05, 4.69) is 43.1 Å². The Morgan fingerprint density at radius 2 is 1.54 bits per heavy atom. The summed E-state index contributed by atoms with van der Waals surface area (Å²) < 4.78 is 0. The average molecular weight is 326 g/mol. The zero-order chi connectivity index (χ0) is 16.8. The molecule has 0 radical (unpaired) electrons. The summed E-state index contributed by atoms with van der Waals surface area (Å²) in [5.41, 5.74) is 6.81. The minimum atomic E-state index is 0.597. The number of benzene rings is 1. The van der Waals surface area contributed by atoms with Gasteiger partial charge in [0, 0.05) is 6.04 Å². The van der Waals surface area contributed by atoms with Gasteiger partial charge in [-0.2, -0.15) is 0 Å². The van der Waals surface area contributed by atoms with E-state index in [9.17, 15) is 0 Å². The van der Waals surface area contributed by atoms with Gasteiger partial charge < -0.3 is 0 Å². The predicted octanol–water partition coefficient (Wildman–Crippen LogP) is 6.45. The Morgan fingerprint density at radius 1 is 0.875 bits per heavy atom. The standard InChI is InChI=1S/C23H35N/c1-3-24(2)23-17-11-15-19-12-7-5-4-6-8-13-20(19)18-21-14-9-10-16-22(21)23/h9-10,14,16,23H,3-8,11-13,15,17-18H2,1-2H3/b20-19-. The molecule has 0 spiro atoms. The molecule has 1 aromatic rings. The number of nitrogens with zero attached hydrogens (tertiary/aromatic N) is 1. The van der Waals surface area contributed by atoms with Gasteiger partial charge in [-0.05, 0) is 76.1 Å². The van der Waals surface area contributed by atoms with Crippen LogP contribution >= 0.6 is 0 Å². The lowest BCUT2D eigenvalue weighted by atomic mass is 9.90. The first-order chi connectivity index (χ1) is 11.8. The smallest absolute Gasteiger partial charge is 0.0347 e. The van der Waals surface area contributed by atoms with Gasteiger partial charge in [-0.15, -0.1) is 0 Å². The van der Waals surface area contributed by atoms with Crippen molar-refractivity contribution < 1.29 is 0 Å². The van der Waals surface area contributed by atoms with E-state index in [-0.39, 0.29) is 0 Å². The van der Waals surface area contributed by atoms with Crippen LogP contribution in [0.2, 0.25) is 0 Å². The highest BCUT2D eigenvalue weighted by Gasteiger charge is 2.22. The van der Waals surface area contributed by atoms with Gasteiger partial charge in [-0.25, -0.2) is 0 Å². The molecule has 2 aliphatic rings. The molecule has 0 N–H and O–H groups in total. The molecule has 24 heavy (non-hydrogen) atoms. The van der Waals surface area contributed by atoms with E-state index < -0.39 is 0 Å². The molecule has 1 nitrogen and oxygen atoms in total. The maximum absolute atomic E-state index is 2.55. The third kappa shape index (κ3) is 4.30. The summed E-state index contributed by atoms with van der Waals surface area (Å²) >= 11 is 0. The molecule has 2 aliphatic carbocycles. The first kappa shape index (κ1) is 17.7. The van der Waals surface area contributed by atoms with E-state index in [1.54, 1.807) is 16.7 Å². The largest absolute Gasteiger partial charge is 0.300 e. The van der Waals surface area contributed by atoms with Crippen LogP contribution in [-0.4, -0.2) is 18.5 Å². The molecular formula is C23H35N. The van der Waals surface area contributed by atoms with E-state index in [1.165, 1.54) is 70.6 Å². The summed E-state index contributed by atoms with van der Waals surface area (Å²) in [6, 6.07) is 9.88. The molecule has 1 atom stereocenters. The van der Waals surface area contributed by atoms with Crippen LogP contribution < -0.4 is 0 Å². The number of hydrogen-bond donors (Lipinski definition) is 0. The van der Waals surface area contributed by atoms with Gasteiger partial charge in [-0.3, -0.25) is 4.90 Å². The summed E-state index contributed by atoms with van der Waals surface area (Å²) in [6.45, 7) is 3.42. The van der Waals surface area contributed by atoms with E-state index in [0.29, 0.717) is 6.04 Å². The average Bonchev–Trinajstić information content (AvgIpc) is 2.76. The Kier molecular flexibility index (Phi) is 6.54. The SMILES string of the molecule is CCN(C)C1CCC/C2=C(/CCCCCCC2)Cc2ccccc21. The second-order valence-corrected chi connectivity index (χ2v) is 7.83. The van der Waals surface area contributed by atoms with Crippen LogP contribution in [-0.2, 0) is 6.42 Å². The molecule has 1 unspecified atom stereocenters. The summed E-state index contributed by atoms with van der Waals surface area (Å²) in [6.07, 6.45) is 15.0. The highest BCUT2D eigenvalue weighted by Crippen LogP contribution is 2.36. The minimum Gasteiger partial charge on any atom is -0.300 e. The van der Waals surface area contributed by atoms with E-state index in [1.807, 2.05) is 5.57 Å². The van der Waals surface area contributed by atoms with Gasteiger partial charge in [-0.1, -0.05) is 61.6 Å². The van der Waals surface area contributed by atoms with Crippen molar-refractivity contribution in [1.82, 2.24) is 4.90 Å². The summed E-state index contributed by atoms with van der Waals surface area (Å²) in [4.78, 5) is 2.55. The summed E-state index contributed by atoms with van der Waals surface area (Å²) in [5, 5.41) is 0. The van der Waals surface area contributed by atoms with Crippen molar-refractivity contribution in [2.24, 2.45) is 0 Å². The van der Waals surface area contributed by atoms with Gasteiger partial charge in [0.1, 0.15) is 0 Å². The fraction of sp³-hybridized carbons (Fsp3) is 0.652. The quantitative estimate of drug-likeness (QED) is 0.565. The van der Waals surface area contributed by atoms with Crippen LogP contribution in [0.1, 0.15) is 88.3 Å². The molecule has 0 saturated carbocycles. The minimum absolute atomic E-state index is 0.597. The Balaban J connectivity index is 1.93. The Hall–Kier alpha value is -1.08. The molecule has 0 fully saturated rings. The van der Waals surface area contributed by atoms with Crippen molar-refractivity contribution >= 4 is 0 Å². The molecular weight excluding hydrogens is 290 g/mol. The van der Waals surface area contributed by atoms with E-state index >= 15 is 0 Å². The predicted molar refractivity (Wildman–Crippen MR) is 104 cm³/mol. The molecule has 0 aromatic heterocycles. The summed E-state index contributed by atoms with van der Waals surface area (Å²) in [5.74, 6) is 0. The molecule has 132 valence electrons. The van der Waals surface area contributed by atoms with Crippen molar-refractivity contribution in [3.05, 3.63) is 46.5 Å². The third-order valence-corrected chi connectivity index (χ3v) is 6.26. The van der Waals surface area contributed by atoms with Crippen molar-refractivity contribution in [3.63, 3.8) is 0 Å². The van der Waals surface area contributed by atoms with Crippen molar-refractivity contribution in [1.29, 1.82) is 0 Å². The maximum Gasteiger partial charge on any atom is 0.0347 e. The number of rotatable bonds is 2. The van der Waals surface area contributed by atoms with Gasteiger partial charge >= 0.3 is 0 Å². The Bertz CT molecular complexity index is 557. The van der Waals surface area contributed by atoms with Gasteiger partial charge in [0.05, 0.1) is 0 Å². The first-order valence-electron chi connectivity index (χ1n) is 10.3. The van der Waals surface area contributed by atoms with Crippen LogP contribution in [0.15, 0.2) is 35.4 Å². The normalized spacial score (nSPS) is 26.2. The third-order valence-electron chi connectivity index (χ3n) is 6.26. The molecule has 0 saturated heterocycles. The zero-order valence-corrected chi connectivity index (χ0v) is 15.8. The lowest BCUT2D eigenvalue weighted by molar-refractivity contribution is 0.240. The number of fused-ring (bicyclic) bond motifs is 1. The van der Waals surface area contributed by atoms with Crippen LogP contribution in [0.4, 0.5) is 0 Å². The second kappa shape index (κ2) is 8.85. The molecule has 3 rings (SSSR count). The van der Waals surface area contributed by atoms with Crippen molar-refractivity contribution in [2.45, 2.75) is 83.6 Å². The second-order valence-electron chi connectivity index (χ2n) is 7.83. The van der Waals surface area contributed by atoms with Crippen molar-refractivity contribution in [3.8, 4) is 0 Å². The maximum atomic E-state index is 2.55. The highest BCUT2D eigenvalue weighted by molar-refractivity contribution is 5.35. The first-order valence-corrected chi connectivity index (χ1v) is 10.3. The Morgan fingerprint density at radius 3 is 2.33 bits per heavy atom. The van der Waals surface area contributed by atoms with E-state index in [4.69, 9.17) is 0 Å². The zero-order valence-electron chi connectivity index (χ0n) is 15.8. The lowest BCUT2D eigenvalue weighted by Gasteiger charge is -2.29. The summed E-state index contributed by atoms with van der Waals surface area (Å²) in [7, 11) is 2.30. The highest BCUT2D eigenvalue weighted by atomic mass is 15.1. The van der Waals surface area contributed by atoms with Gasteiger partial charge in [0.15, 0.2) is 0 Å². The fourth-order valence-corrected chi connectivity index (χ4v) is 4.67. The molecule has 0 aliphatic heterocycles. The number of allylic oxidation sites excluding steroid dienone is 2. The Labute approximate surface area is 149 Å². The van der Waals surface area contributed by atoms with Crippen LogP contribution in [0.25, 0.3) is 0 Å².